The molecule has 0 fully saturated rings. The topological polar surface area (TPSA) is 46.9 Å². The fourth-order valence-corrected chi connectivity index (χ4v) is 3.83. The molecule has 1 aliphatic rings. The second-order valence-corrected chi connectivity index (χ2v) is 8.23. The van der Waals surface area contributed by atoms with Gasteiger partial charge in [-0.15, -0.1) is 5.10 Å². The van der Waals surface area contributed by atoms with Crippen LogP contribution < -0.4 is 5.32 Å². The van der Waals surface area contributed by atoms with Gasteiger partial charge in [0.2, 0.25) is 0 Å². The molecule has 27 heavy (non-hydrogen) atoms. The van der Waals surface area contributed by atoms with E-state index in [1.54, 1.807) is 0 Å². The highest BCUT2D eigenvalue weighted by atomic mass is 16.1. The van der Waals surface area contributed by atoms with Crippen LogP contribution in [-0.4, -0.2) is 15.6 Å². The number of rotatable bonds is 3. The normalized spacial score (nSPS) is 15.5. The number of Topliss-reactive ketones (excluding diaryl/α,β-unsaturated/α-hetero) is 1. The van der Waals surface area contributed by atoms with Crippen LogP contribution in [-0.2, 0) is 6.42 Å². The van der Waals surface area contributed by atoms with Crippen LogP contribution in [0.5, 0.6) is 0 Å². The Labute approximate surface area is 160 Å². The predicted octanol–water partition coefficient (Wildman–Crippen LogP) is 5.39. The SMILES string of the molecule is Cc1cccc(Nc2nn(-c3ccccc3)c3c2C(=O)CC(C)(C)C3)c1C. The van der Waals surface area contributed by atoms with Gasteiger partial charge in [-0.25, -0.2) is 4.68 Å². The smallest absolute Gasteiger partial charge is 0.169 e. The summed E-state index contributed by atoms with van der Waals surface area (Å²) in [5.41, 5.74) is 6.02. The van der Waals surface area contributed by atoms with Crippen molar-refractivity contribution in [2.75, 3.05) is 5.32 Å². The standard InChI is InChI=1S/C23H25N3O/c1-15-9-8-12-18(16(15)2)24-22-21-19(13-23(3,4)14-20(21)27)26(25-22)17-10-6-5-7-11-17/h5-12H,13-14H2,1-4H3,(H,24,25). The number of aryl methyl sites for hydroxylation is 1. The number of aromatic nitrogens is 2. The van der Waals surface area contributed by atoms with Gasteiger partial charge < -0.3 is 5.32 Å². The van der Waals surface area contributed by atoms with Crippen molar-refractivity contribution in [1.82, 2.24) is 9.78 Å². The van der Waals surface area contributed by atoms with Crippen LogP contribution in [0, 0.1) is 19.3 Å². The van der Waals surface area contributed by atoms with Gasteiger partial charge in [0.1, 0.15) is 0 Å². The summed E-state index contributed by atoms with van der Waals surface area (Å²) in [6.07, 6.45) is 1.37. The number of fused-ring (bicyclic) bond motifs is 1. The van der Waals surface area contributed by atoms with Crippen molar-refractivity contribution in [3.63, 3.8) is 0 Å². The molecule has 0 bridgehead atoms. The Morgan fingerprint density at radius 3 is 2.48 bits per heavy atom. The van der Waals surface area contributed by atoms with E-state index in [-0.39, 0.29) is 11.2 Å². The zero-order valence-corrected chi connectivity index (χ0v) is 16.3. The molecule has 138 valence electrons. The van der Waals surface area contributed by atoms with E-state index in [2.05, 4.69) is 39.1 Å². The van der Waals surface area contributed by atoms with Crippen LogP contribution in [0.2, 0.25) is 0 Å². The van der Waals surface area contributed by atoms with E-state index in [1.165, 1.54) is 11.1 Å². The maximum absolute atomic E-state index is 13.0. The molecule has 1 aromatic heterocycles. The summed E-state index contributed by atoms with van der Waals surface area (Å²) in [7, 11) is 0. The summed E-state index contributed by atoms with van der Waals surface area (Å²) in [6.45, 7) is 8.47. The minimum absolute atomic E-state index is 0.0623. The van der Waals surface area contributed by atoms with Crippen molar-refractivity contribution in [1.29, 1.82) is 0 Å². The summed E-state index contributed by atoms with van der Waals surface area (Å²) in [5, 5.41) is 8.27. The van der Waals surface area contributed by atoms with Crippen LogP contribution in [0.3, 0.4) is 0 Å². The molecule has 1 heterocycles. The number of carbonyl (C=O) groups is 1. The van der Waals surface area contributed by atoms with Crippen LogP contribution >= 0.6 is 0 Å². The molecule has 1 aliphatic carbocycles. The third kappa shape index (κ3) is 3.16. The number of nitrogens with one attached hydrogen (secondary N) is 1. The number of nitrogens with zero attached hydrogens (tertiary/aromatic N) is 2. The van der Waals surface area contributed by atoms with Crippen molar-refractivity contribution < 1.29 is 4.79 Å². The quantitative estimate of drug-likeness (QED) is 0.682. The summed E-state index contributed by atoms with van der Waals surface area (Å²) >= 11 is 0. The fraction of sp³-hybridized carbons (Fsp3) is 0.304. The predicted molar refractivity (Wildman–Crippen MR) is 109 cm³/mol. The first kappa shape index (κ1) is 17.5. The number of benzene rings is 2. The molecule has 0 aliphatic heterocycles. The molecule has 4 heteroatoms. The van der Waals surface area contributed by atoms with E-state index in [1.807, 2.05) is 47.1 Å². The summed E-state index contributed by atoms with van der Waals surface area (Å²) in [5.74, 6) is 0.819. The van der Waals surface area contributed by atoms with Crippen molar-refractivity contribution in [2.45, 2.75) is 40.5 Å². The van der Waals surface area contributed by atoms with Crippen LogP contribution in [0.25, 0.3) is 5.69 Å². The lowest BCUT2D eigenvalue weighted by Crippen LogP contribution is -2.28. The van der Waals surface area contributed by atoms with Gasteiger partial charge in [-0.05, 0) is 55.0 Å². The average Bonchev–Trinajstić information content (AvgIpc) is 2.97. The first-order chi connectivity index (χ1) is 12.9. The van der Waals surface area contributed by atoms with Crippen LogP contribution in [0.15, 0.2) is 48.5 Å². The van der Waals surface area contributed by atoms with E-state index in [4.69, 9.17) is 5.10 Å². The average molecular weight is 359 g/mol. The van der Waals surface area contributed by atoms with Gasteiger partial charge >= 0.3 is 0 Å². The molecule has 4 nitrogen and oxygen atoms in total. The Bertz CT molecular complexity index is 1020. The molecule has 4 rings (SSSR count). The maximum atomic E-state index is 13.0. The summed E-state index contributed by atoms with van der Waals surface area (Å²) in [4.78, 5) is 13.0. The molecule has 0 atom stereocenters. The van der Waals surface area contributed by atoms with Gasteiger partial charge in [-0.2, -0.15) is 0 Å². The lowest BCUT2D eigenvalue weighted by Gasteiger charge is -2.29. The molecule has 0 saturated heterocycles. The van der Waals surface area contributed by atoms with Crippen LogP contribution in [0.4, 0.5) is 11.5 Å². The van der Waals surface area contributed by atoms with Crippen molar-refractivity contribution in [2.24, 2.45) is 5.41 Å². The van der Waals surface area contributed by atoms with Crippen molar-refractivity contribution >= 4 is 17.3 Å². The molecule has 0 saturated carbocycles. The molecule has 0 radical (unpaired) electrons. The largest absolute Gasteiger partial charge is 0.338 e. The second-order valence-electron chi connectivity index (χ2n) is 8.23. The monoisotopic (exact) mass is 359 g/mol. The highest BCUT2D eigenvalue weighted by molar-refractivity contribution is 6.03. The molecule has 0 unspecified atom stereocenters. The summed E-state index contributed by atoms with van der Waals surface area (Å²) < 4.78 is 1.93. The Kier molecular flexibility index (Phi) is 4.14. The number of ketones is 1. The molecular weight excluding hydrogens is 334 g/mol. The number of para-hydroxylation sites is 1. The number of carbonyl (C=O) groups excluding carboxylic acids is 1. The fourth-order valence-electron chi connectivity index (χ4n) is 3.83. The van der Waals surface area contributed by atoms with Crippen molar-refractivity contribution in [3.8, 4) is 5.69 Å². The van der Waals surface area contributed by atoms with E-state index in [0.717, 1.165) is 29.1 Å². The van der Waals surface area contributed by atoms with E-state index >= 15 is 0 Å². The Hall–Kier alpha value is -2.88. The zero-order valence-electron chi connectivity index (χ0n) is 16.3. The van der Waals surface area contributed by atoms with Gasteiger partial charge in [-0.1, -0.05) is 44.2 Å². The Morgan fingerprint density at radius 2 is 1.74 bits per heavy atom. The Morgan fingerprint density at radius 1 is 1.00 bits per heavy atom. The second kappa shape index (κ2) is 6.38. The third-order valence-corrected chi connectivity index (χ3v) is 5.40. The molecule has 2 aromatic carbocycles. The molecule has 1 N–H and O–H groups in total. The van der Waals surface area contributed by atoms with E-state index in [0.29, 0.717) is 12.2 Å². The van der Waals surface area contributed by atoms with Crippen LogP contribution in [0.1, 0.15) is 47.4 Å². The van der Waals surface area contributed by atoms with E-state index in [9.17, 15) is 4.79 Å². The zero-order chi connectivity index (χ0) is 19.2. The Balaban J connectivity index is 1.87. The van der Waals surface area contributed by atoms with Gasteiger partial charge in [0, 0.05) is 12.1 Å². The first-order valence-corrected chi connectivity index (χ1v) is 9.39. The number of hydrogen-bond donors (Lipinski definition) is 1. The minimum Gasteiger partial charge on any atom is -0.338 e. The third-order valence-electron chi connectivity index (χ3n) is 5.40. The molecule has 0 amide bonds. The maximum Gasteiger partial charge on any atom is 0.169 e. The van der Waals surface area contributed by atoms with Crippen molar-refractivity contribution in [3.05, 3.63) is 70.9 Å². The lowest BCUT2D eigenvalue weighted by atomic mass is 9.76. The molecular formula is C23H25N3O. The first-order valence-electron chi connectivity index (χ1n) is 9.39. The minimum atomic E-state index is -0.0623. The number of anilines is 2. The van der Waals surface area contributed by atoms with Gasteiger partial charge in [-0.3, -0.25) is 4.79 Å². The van der Waals surface area contributed by atoms with Gasteiger partial charge in [0.05, 0.1) is 16.9 Å². The molecule has 3 aromatic rings. The van der Waals surface area contributed by atoms with Gasteiger partial charge in [0.25, 0.3) is 0 Å². The highest BCUT2D eigenvalue weighted by Crippen LogP contribution is 2.39. The number of hydrogen-bond acceptors (Lipinski definition) is 3. The molecule has 0 spiro atoms. The summed E-state index contributed by atoms with van der Waals surface area (Å²) in [6, 6.07) is 16.2. The van der Waals surface area contributed by atoms with E-state index < -0.39 is 0 Å². The van der Waals surface area contributed by atoms with Gasteiger partial charge in [0.15, 0.2) is 11.6 Å². The lowest BCUT2D eigenvalue weighted by molar-refractivity contribution is 0.0912. The highest BCUT2D eigenvalue weighted by Gasteiger charge is 2.37.